The molecule has 104 valence electrons. The molecule has 0 N–H and O–H groups in total. The minimum Gasteiger partial charge on any atom is -0.298 e. The summed E-state index contributed by atoms with van der Waals surface area (Å²) < 4.78 is 0. The summed E-state index contributed by atoms with van der Waals surface area (Å²) in [6.45, 7) is 4.84. The summed E-state index contributed by atoms with van der Waals surface area (Å²) in [5.74, 6) is 0. The first-order chi connectivity index (χ1) is 9.06. The standard InChI is InChI=1S/C14H21N3O2/c1-12-8-15(2)10-14(17(18)19)11-16(12)9-13-6-4-3-5-7-13/h3-7,12,14H,8-11H2,1-2H3. The number of nitro groups is 1. The largest absolute Gasteiger partial charge is 0.298 e. The van der Waals surface area contributed by atoms with Gasteiger partial charge in [-0.15, -0.1) is 0 Å². The second-order valence-electron chi connectivity index (χ2n) is 5.42. The Morgan fingerprint density at radius 3 is 2.58 bits per heavy atom. The van der Waals surface area contributed by atoms with Crippen molar-refractivity contribution in [1.29, 1.82) is 0 Å². The molecule has 19 heavy (non-hydrogen) atoms. The normalized spacial score (nSPS) is 26.0. The Hall–Kier alpha value is -1.46. The Bertz CT molecular complexity index is 424. The fourth-order valence-corrected chi connectivity index (χ4v) is 2.68. The molecule has 1 heterocycles. The van der Waals surface area contributed by atoms with E-state index in [1.165, 1.54) is 5.56 Å². The van der Waals surface area contributed by atoms with Crippen molar-refractivity contribution in [3.05, 3.63) is 46.0 Å². The molecule has 0 radical (unpaired) electrons. The molecule has 1 aliphatic rings. The van der Waals surface area contributed by atoms with Crippen LogP contribution in [0.25, 0.3) is 0 Å². The van der Waals surface area contributed by atoms with Crippen LogP contribution in [0.15, 0.2) is 30.3 Å². The molecule has 0 aromatic heterocycles. The second-order valence-corrected chi connectivity index (χ2v) is 5.42. The first-order valence-electron chi connectivity index (χ1n) is 6.66. The third-order valence-corrected chi connectivity index (χ3v) is 3.69. The summed E-state index contributed by atoms with van der Waals surface area (Å²) >= 11 is 0. The minimum absolute atomic E-state index is 0.146. The SMILES string of the molecule is CC1CN(C)CC([N+](=O)[O-])CN1Cc1ccccc1. The van der Waals surface area contributed by atoms with Crippen LogP contribution >= 0.6 is 0 Å². The Balaban J connectivity index is 2.10. The van der Waals surface area contributed by atoms with Crippen LogP contribution < -0.4 is 0 Å². The van der Waals surface area contributed by atoms with Crippen LogP contribution in [0.4, 0.5) is 0 Å². The Labute approximate surface area is 114 Å². The zero-order chi connectivity index (χ0) is 13.8. The monoisotopic (exact) mass is 263 g/mol. The van der Waals surface area contributed by atoms with E-state index in [1.54, 1.807) is 0 Å². The van der Waals surface area contributed by atoms with E-state index in [0.29, 0.717) is 19.1 Å². The fraction of sp³-hybridized carbons (Fsp3) is 0.571. The quantitative estimate of drug-likeness (QED) is 0.612. The molecule has 0 aliphatic carbocycles. The highest BCUT2D eigenvalue weighted by molar-refractivity contribution is 5.14. The fourth-order valence-electron chi connectivity index (χ4n) is 2.68. The van der Waals surface area contributed by atoms with Gasteiger partial charge < -0.3 is 0 Å². The highest BCUT2D eigenvalue weighted by atomic mass is 16.6. The first kappa shape index (κ1) is 14.0. The van der Waals surface area contributed by atoms with Crippen LogP contribution in [-0.4, -0.2) is 53.5 Å². The van der Waals surface area contributed by atoms with Gasteiger partial charge in [-0.2, -0.15) is 0 Å². The third-order valence-electron chi connectivity index (χ3n) is 3.69. The topological polar surface area (TPSA) is 49.6 Å². The molecule has 2 atom stereocenters. The van der Waals surface area contributed by atoms with Crippen LogP contribution in [0.5, 0.6) is 0 Å². The number of hydrogen-bond donors (Lipinski definition) is 0. The van der Waals surface area contributed by atoms with E-state index in [4.69, 9.17) is 0 Å². The molecule has 0 amide bonds. The average molecular weight is 263 g/mol. The van der Waals surface area contributed by atoms with Crippen LogP contribution in [0.3, 0.4) is 0 Å². The van der Waals surface area contributed by atoms with E-state index in [-0.39, 0.29) is 4.92 Å². The molecule has 1 saturated heterocycles. The lowest BCUT2D eigenvalue weighted by Crippen LogP contribution is -2.40. The van der Waals surface area contributed by atoms with E-state index >= 15 is 0 Å². The molecule has 1 fully saturated rings. The maximum atomic E-state index is 11.1. The van der Waals surface area contributed by atoms with Gasteiger partial charge in [-0.3, -0.25) is 19.9 Å². The van der Waals surface area contributed by atoms with Gasteiger partial charge in [0.2, 0.25) is 6.04 Å². The summed E-state index contributed by atoms with van der Waals surface area (Å²) in [6, 6.07) is 9.98. The minimum atomic E-state index is -0.501. The zero-order valence-corrected chi connectivity index (χ0v) is 11.5. The molecule has 1 aromatic rings. The second kappa shape index (κ2) is 6.12. The van der Waals surface area contributed by atoms with Crippen LogP contribution in [0, 0.1) is 10.1 Å². The lowest BCUT2D eigenvalue weighted by Gasteiger charge is -2.27. The Kier molecular flexibility index (Phi) is 4.50. The van der Waals surface area contributed by atoms with Crippen LogP contribution in [0.1, 0.15) is 12.5 Å². The molecule has 2 unspecified atom stereocenters. The molecule has 5 nitrogen and oxygen atoms in total. The van der Waals surface area contributed by atoms with Crippen LogP contribution in [0.2, 0.25) is 0 Å². The van der Waals surface area contributed by atoms with Gasteiger partial charge in [0.25, 0.3) is 0 Å². The van der Waals surface area contributed by atoms with Crippen LogP contribution in [-0.2, 0) is 6.54 Å². The molecule has 0 saturated carbocycles. The van der Waals surface area contributed by atoms with Crippen molar-refractivity contribution in [2.24, 2.45) is 0 Å². The maximum absolute atomic E-state index is 11.1. The lowest BCUT2D eigenvalue weighted by atomic mass is 10.1. The van der Waals surface area contributed by atoms with Crippen molar-refractivity contribution >= 4 is 0 Å². The van der Waals surface area contributed by atoms with Gasteiger partial charge in [-0.25, -0.2) is 0 Å². The number of likely N-dealkylation sites (N-methyl/N-ethyl adjacent to an activating group) is 1. The van der Waals surface area contributed by atoms with Crippen molar-refractivity contribution < 1.29 is 4.92 Å². The van der Waals surface area contributed by atoms with Gasteiger partial charge >= 0.3 is 0 Å². The molecule has 0 bridgehead atoms. The number of nitrogens with zero attached hydrogens (tertiary/aromatic N) is 3. The summed E-state index contributed by atoms with van der Waals surface area (Å²) in [5.41, 5.74) is 1.21. The van der Waals surface area contributed by atoms with Gasteiger partial charge in [-0.1, -0.05) is 30.3 Å². The van der Waals surface area contributed by atoms with E-state index in [1.807, 2.05) is 25.2 Å². The maximum Gasteiger partial charge on any atom is 0.238 e. The highest BCUT2D eigenvalue weighted by Crippen LogP contribution is 2.14. The molecule has 1 aromatic carbocycles. The molecular formula is C14H21N3O2. The number of rotatable bonds is 3. The average Bonchev–Trinajstić information content (AvgIpc) is 2.50. The predicted molar refractivity (Wildman–Crippen MR) is 74.6 cm³/mol. The van der Waals surface area contributed by atoms with Gasteiger partial charge in [-0.05, 0) is 19.5 Å². The lowest BCUT2D eigenvalue weighted by molar-refractivity contribution is -0.522. The Morgan fingerprint density at radius 1 is 1.26 bits per heavy atom. The van der Waals surface area contributed by atoms with Crippen molar-refractivity contribution in [2.45, 2.75) is 25.6 Å². The molecule has 2 rings (SSSR count). The molecule has 1 aliphatic heterocycles. The Morgan fingerprint density at radius 2 is 1.95 bits per heavy atom. The van der Waals surface area contributed by atoms with Crippen molar-refractivity contribution in [1.82, 2.24) is 9.80 Å². The van der Waals surface area contributed by atoms with Gasteiger partial charge in [0.15, 0.2) is 0 Å². The van der Waals surface area contributed by atoms with E-state index < -0.39 is 6.04 Å². The first-order valence-corrected chi connectivity index (χ1v) is 6.66. The smallest absolute Gasteiger partial charge is 0.238 e. The third kappa shape index (κ3) is 3.75. The number of hydrogen-bond acceptors (Lipinski definition) is 4. The van der Waals surface area contributed by atoms with Crippen molar-refractivity contribution in [3.8, 4) is 0 Å². The van der Waals surface area contributed by atoms with Gasteiger partial charge in [0, 0.05) is 24.1 Å². The summed E-state index contributed by atoms with van der Waals surface area (Å²) in [7, 11) is 1.96. The highest BCUT2D eigenvalue weighted by Gasteiger charge is 2.32. The van der Waals surface area contributed by atoms with E-state index in [2.05, 4.69) is 28.9 Å². The van der Waals surface area contributed by atoms with Crippen molar-refractivity contribution in [3.63, 3.8) is 0 Å². The van der Waals surface area contributed by atoms with Gasteiger partial charge in [0.1, 0.15) is 0 Å². The number of benzene rings is 1. The summed E-state index contributed by atoms with van der Waals surface area (Å²) in [5, 5.41) is 11.1. The molecule has 0 spiro atoms. The predicted octanol–water partition coefficient (Wildman–Crippen LogP) is 1.47. The van der Waals surface area contributed by atoms with E-state index in [9.17, 15) is 10.1 Å². The van der Waals surface area contributed by atoms with Crippen molar-refractivity contribution in [2.75, 3.05) is 26.7 Å². The molecule has 5 heteroatoms. The van der Waals surface area contributed by atoms with E-state index in [0.717, 1.165) is 13.1 Å². The zero-order valence-electron chi connectivity index (χ0n) is 11.5. The van der Waals surface area contributed by atoms with Gasteiger partial charge in [0.05, 0.1) is 13.1 Å². The molecular weight excluding hydrogens is 242 g/mol. The summed E-state index contributed by atoms with van der Waals surface area (Å²) in [4.78, 5) is 15.2. The summed E-state index contributed by atoms with van der Waals surface area (Å²) in [6.07, 6.45) is 0.